The summed E-state index contributed by atoms with van der Waals surface area (Å²) in [5, 5.41) is 0. The minimum Gasteiger partial charge on any atom is -0.456 e. The Hall–Kier alpha value is -1.58. The standard InChI is InChI=1S/C20H24BrNO/c1-4-22(5-2)15-14-16(3)17-10-12-18(13-11-17)23-20-9-7-6-8-19(20)21/h6-14H,4-5,15H2,1-3H3. The summed E-state index contributed by atoms with van der Waals surface area (Å²) in [7, 11) is 0. The monoisotopic (exact) mass is 373 g/mol. The fourth-order valence-electron chi connectivity index (χ4n) is 2.31. The number of hydrogen-bond donors (Lipinski definition) is 0. The van der Waals surface area contributed by atoms with Crippen molar-refractivity contribution < 1.29 is 4.74 Å². The molecule has 0 saturated carbocycles. The molecule has 3 heteroatoms. The normalized spacial score (nSPS) is 11.8. The van der Waals surface area contributed by atoms with Gasteiger partial charge in [-0.25, -0.2) is 0 Å². The van der Waals surface area contributed by atoms with Gasteiger partial charge in [-0.2, -0.15) is 0 Å². The molecule has 0 N–H and O–H groups in total. The number of halogens is 1. The molecule has 0 aliphatic carbocycles. The maximum Gasteiger partial charge on any atom is 0.141 e. The molecule has 122 valence electrons. The second-order valence-electron chi connectivity index (χ2n) is 5.43. The van der Waals surface area contributed by atoms with Crippen LogP contribution < -0.4 is 4.74 Å². The molecule has 0 atom stereocenters. The highest BCUT2D eigenvalue weighted by molar-refractivity contribution is 9.10. The van der Waals surface area contributed by atoms with Gasteiger partial charge in [0.15, 0.2) is 0 Å². The third-order valence-corrected chi connectivity index (χ3v) is 4.58. The highest BCUT2D eigenvalue weighted by Gasteiger charge is 2.03. The summed E-state index contributed by atoms with van der Waals surface area (Å²) in [4.78, 5) is 2.40. The summed E-state index contributed by atoms with van der Waals surface area (Å²) >= 11 is 3.50. The first-order valence-corrected chi connectivity index (χ1v) is 8.85. The molecule has 2 aromatic carbocycles. The summed E-state index contributed by atoms with van der Waals surface area (Å²) in [6.45, 7) is 9.71. The van der Waals surface area contributed by atoms with Crippen LogP contribution in [0.4, 0.5) is 0 Å². The molecule has 0 aliphatic heterocycles. The van der Waals surface area contributed by atoms with Gasteiger partial charge >= 0.3 is 0 Å². The molecule has 2 nitrogen and oxygen atoms in total. The maximum absolute atomic E-state index is 5.90. The Morgan fingerprint density at radius 1 is 1.04 bits per heavy atom. The summed E-state index contributed by atoms with van der Waals surface area (Å²) in [5.41, 5.74) is 2.53. The van der Waals surface area contributed by atoms with Crippen LogP contribution in [0.2, 0.25) is 0 Å². The van der Waals surface area contributed by atoms with E-state index in [4.69, 9.17) is 4.74 Å². The molecule has 0 aromatic heterocycles. The quantitative estimate of drug-likeness (QED) is 0.591. The van der Waals surface area contributed by atoms with Gasteiger partial charge in [-0.3, -0.25) is 0 Å². The first-order valence-electron chi connectivity index (χ1n) is 8.06. The first kappa shape index (κ1) is 17.8. The Morgan fingerprint density at radius 2 is 1.70 bits per heavy atom. The Kier molecular flexibility index (Phi) is 6.87. The number of allylic oxidation sites excluding steroid dienone is 1. The van der Waals surface area contributed by atoms with Gasteiger partial charge in [0.05, 0.1) is 4.47 Å². The Morgan fingerprint density at radius 3 is 2.30 bits per heavy atom. The zero-order valence-electron chi connectivity index (χ0n) is 14.1. The van der Waals surface area contributed by atoms with Gasteiger partial charge in [-0.05, 0) is 71.3 Å². The number of hydrogen-bond acceptors (Lipinski definition) is 2. The van der Waals surface area contributed by atoms with Crippen LogP contribution in [0, 0.1) is 0 Å². The highest BCUT2D eigenvalue weighted by Crippen LogP contribution is 2.29. The summed E-state index contributed by atoms with van der Waals surface area (Å²) in [6, 6.07) is 16.1. The van der Waals surface area contributed by atoms with Crippen LogP contribution in [0.25, 0.3) is 5.57 Å². The van der Waals surface area contributed by atoms with E-state index in [1.54, 1.807) is 0 Å². The van der Waals surface area contributed by atoms with Gasteiger partial charge < -0.3 is 9.64 Å². The molecule has 2 aromatic rings. The van der Waals surface area contributed by atoms with Crippen LogP contribution in [0.3, 0.4) is 0 Å². The molecule has 0 heterocycles. The molecule has 0 amide bonds. The zero-order chi connectivity index (χ0) is 16.7. The number of ether oxygens (including phenoxy) is 1. The lowest BCUT2D eigenvalue weighted by Crippen LogP contribution is -2.22. The molecule has 0 unspecified atom stereocenters. The van der Waals surface area contributed by atoms with Crippen LogP contribution in [-0.4, -0.2) is 24.5 Å². The van der Waals surface area contributed by atoms with Crippen LogP contribution >= 0.6 is 15.9 Å². The number of para-hydroxylation sites is 1. The topological polar surface area (TPSA) is 12.5 Å². The maximum atomic E-state index is 5.90. The molecule has 0 spiro atoms. The molecule has 0 aliphatic rings. The number of nitrogens with zero attached hydrogens (tertiary/aromatic N) is 1. The van der Waals surface area contributed by atoms with Gasteiger partial charge in [0.1, 0.15) is 11.5 Å². The Bertz CT molecular complexity index is 645. The van der Waals surface area contributed by atoms with Crippen LogP contribution in [0.1, 0.15) is 26.3 Å². The molecular weight excluding hydrogens is 350 g/mol. The predicted octanol–water partition coefficient (Wildman–Crippen LogP) is 5.99. The van der Waals surface area contributed by atoms with Crippen molar-refractivity contribution in [1.82, 2.24) is 4.90 Å². The van der Waals surface area contributed by atoms with E-state index in [2.05, 4.69) is 59.8 Å². The van der Waals surface area contributed by atoms with E-state index in [9.17, 15) is 0 Å². The lowest BCUT2D eigenvalue weighted by Gasteiger charge is -2.16. The second kappa shape index (κ2) is 8.90. The molecule has 0 fully saturated rings. The fourth-order valence-corrected chi connectivity index (χ4v) is 2.67. The third kappa shape index (κ3) is 5.22. The smallest absolute Gasteiger partial charge is 0.141 e. The third-order valence-electron chi connectivity index (χ3n) is 3.92. The highest BCUT2D eigenvalue weighted by atomic mass is 79.9. The van der Waals surface area contributed by atoms with Crippen molar-refractivity contribution in [3.8, 4) is 11.5 Å². The van der Waals surface area contributed by atoms with Crippen LogP contribution in [-0.2, 0) is 0 Å². The van der Waals surface area contributed by atoms with Crippen molar-refractivity contribution in [3.63, 3.8) is 0 Å². The van der Waals surface area contributed by atoms with E-state index in [1.807, 2.05) is 36.4 Å². The minimum absolute atomic E-state index is 0.828. The lowest BCUT2D eigenvalue weighted by atomic mass is 10.1. The predicted molar refractivity (Wildman–Crippen MR) is 102 cm³/mol. The summed E-state index contributed by atoms with van der Waals surface area (Å²) < 4.78 is 6.86. The SMILES string of the molecule is CCN(CC)CC=C(C)c1ccc(Oc2ccccc2Br)cc1. The average Bonchev–Trinajstić information content (AvgIpc) is 2.58. The van der Waals surface area contributed by atoms with Crippen molar-refractivity contribution in [2.45, 2.75) is 20.8 Å². The molecular formula is C20H24BrNO. The Labute approximate surface area is 147 Å². The summed E-state index contributed by atoms with van der Waals surface area (Å²) in [6.07, 6.45) is 2.29. The number of likely N-dealkylation sites (N-methyl/N-ethyl adjacent to an activating group) is 1. The average molecular weight is 374 g/mol. The van der Waals surface area contributed by atoms with E-state index in [0.29, 0.717) is 0 Å². The minimum atomic E-state index is 0.828. The van der Waals surface area contributed by atoms with Gasteiger partial charge in [0.25, 0.3) is 0 Å². The number of rotatable bonds is 7. The van der Waals surface area contributed by atoms with Gasteiger partial charge in [-0.15, -0.1) is 0 Å². The van der Waals surface area contributed by atoms with Crippen molar-refractivity contribution in [2.75, 3.05) is 19.6 Å². The molecule has 2 rings (SSSR count). The van der Waals surface area contributed by atoms with Crippen LogP contribution in [0.5, 0.6) is 11.5 Å². The van der Waals surface area contributed by atoms with Crippen molar-refractivity contribution in [1.29, 1.82) is 0 Å². The van der Waals surface area contributed by atoms with E-state index >= 15 is 0 Å². The van der Waals surface area contributed by atoms with E-state index < -0.39 is 0 Å². The lowest BCUT2D eigenvalue weighted by molar-refractivity contribution is 0.337. The first-order chi connectivity index (χ1) is 11.1. The van der Waals surface area contributed by atoms with E-state index in [0.717, 1.165) is 35.6 Å². The van der Waals surface area contributed by atoms with Crippen molar-refractivity contribution in [3.05, 3.63) is 64.6 Å². The molecule has 0 bridgehead atoms. The summed E-state index contributed by atoms with van der Waals surface area (Å²) in [5.74, 6) is 1.67. The van der Waals surface area contributed by atoms with E-state index in [1.165, 1.54) is 11.1 Å². The van der Waals surface area contributed by atoms with Crippen molar-refractivity contribution >= 4 is 21.5 Å². The van der Waals surface area contributed by atoms with E-state index in [-0.39, 0.29) is 0 Å². The second-order valence-corrected chi connectivity index (χ2v) is 6.28. The fraction of sp³-hybridized carbons (Fsp3) is 0.300. The molecule has 0 saturated heterocycles. The van der Waals surface area contributed by atoms with Crippen molar-refractivity contribution in [2.24, 2.45) is 0 Å². The molecule has 0 radical (unpaired) electrons. The Balaban J connectivity index is 2.04. The largest absolute Gasteiger partial charge is 0.456 e. The van der Waals surface area contributed by atoms with Gasteiger partial charge in [-0.1, -0.05) is 44.2 Å². The van der Waals surface area contributed by atoms with Gasteiger partial charge in [0, 0.05) is 6.54 Å². The zero-order valence-corrected chi connectivity index (χ0v) is 15.6. The van der Waals surface area contributed by atoms with Gasteiger partial charge in [0.2, 0.25) is 0 Å². The van der Waals surface area contributed by atoms with Crippen LogP contribution in [0.15, 0.2) is 59.1 Å². The number of benzene rings is 2. The molecule has 23 heavy (non-hydrogen) atoms.